The van der Waals surface area contributed by atoms with Gasteiger partial charge in [0.2, 0.25) is 5.95 Å². The summed E-state index contributed by atoms with van der Waals surface area (Å²) in [6.07, 6.45) is 0. The van der Waals surface area contributed by atoms with Crippen molar-refractivity contribution in [2.24, 2.45) is 0 Å². The van der Waals surface area contributed by atoms with Gasteiger partial charge in [-0.1, -0.05) is 0 Å². The summed E-state index contributed by atoms with van der Waals surface area (Å²) >= 11 is 0. The van der Waals surface area contributed by atoms with E-state index in [9.17, 15) is 4.79 Å². The zero-order valence-electron chi connectivity index (χ0n) is 10.9. The average Bonchev–Trinajstić information content (AvgIpc) is 2.70. The maximum Gasteiger partial charge on any atom is 0.326 e. The Morgan fingerprint density at radius 3 is 2.47 bits per heavy atom. The number of methoxy groups -OCH3 is 2. The molecule has 1 atom stereocenters. The van der Waals surface area contributed by atoms with Crippen molar-refractivity contribution < 1.29 is 19.4 Å². The van der Waals surface area contributed by atoms with Crippen LogP contribution < -0.4 is 15.2 Å². The molecular formula is C12H15N3O4. The number of hydrogen-bond acceptors (Lipinski definition) is 5. The van der Waals surface area contributed by atoms with E-state index in [4.69, 9.17) is 20.3 Å². The summed E-state index contributed by atoms with van der Waals surface area (Å²) in [7, 11) is 3.03. The summed E-state index contributed by atoms with van der Waals surface area (Å²) in [5.74, 6) is 0.164. The fourth-order valence-electron chi connectivity index (χ4n) is 1.96. The number of benzene rings is 1. The molecule has 0 amide bonds. The second kappa shape index (κ2) is 4.68. The van der Waals surface area contributed by atoms with Crippen LogP contribution >= 0.6 is 0 Å². The van der Waals surface area contributed by atoms with E-state index in [1.54, 1.807) is 12.1 Å². The Balaban J connectivity index is 2.72. The van der Waals surface area contributed by atoms with Gasteiger partial charge in [-0.3, -0.25) is 4.57 Å². The molecule has 0 radical (unpaired) electrons. The van der Waals surface area contributed by atoms with Gasteiger partial charge in [0.05, 0.1) is 25.3 Å². The van der Waals surface area contributed by atoms with Crippen LogP contribution in [-0.4, -0.2) is 34.8 Å². The van der Waals surface area contributed by atoms with Gasteiger partial charge >= 0.3 is 5.97 Å². The molecule has 19 heavy (non-hydrogen) atoms. The number of aliphatic carboxylic acids is 1. The fraction of sp³-hybridized carbons (Fsp3) is 0.333. The van der Waals surface area contributed by atoms with Gasteiger partial charge in [-0.2, -0.15) is 0 Å². The molecule has 7 heteroatoms. The summed E-state index contributed by atoms with van der Waals surface area (Å²) in [5.41, 5.74) is 6.93. The molecule has 0 fully saturated rings. The van der Waals surface area contributed by atoms with Crippen molar-refractivity contribution in [3.8, 4) is 11.5 Å². The highest BCUT2D eigenvalue weighted by Gasteiger charge is 2.21. The van der Waals surface area contributed by atoms with Crippen LogP contribution in [0.15, 0.2) is 12.1 Å². The molecule has 0 saturated heterocycles. The number of carboxylic acid groups (broad SMARTS) is 1. The van der Waals surface area contributed by atoms with Crippen LogP contribution in [0.1, 0.15) is 13.0 Å². The standard InChI is InChI=1S/C12H15N3O4/c1-6(11(16)17)15-8-5-10(19-3)9(18-2)4-7(8)14-12(15)13/h4-6H,1-3H3,(H2,13,14)(H,16,17). The number of nitrogens with two attached hydrogens (primary N) is 1. The molecule has 0 saturated carbocycles. The first kappa shape index (κ1) is 13.0. The topological polar surface area (TPSA) is 99.6 Å². The monoisotopic (exact) mass is 265 g/mol. The van der Waals surface area contributed by atoms with E-state index in [1.165, 1.54) is 25.7 Å². The number of anilines is 1. The summed E-state index contributed by atoms with van der Waals surface area (Å²) < 4.78 is 11.8. The number of ether oxygens (including phenoxy) is 2. The third-order valence-corrected chi connectivity index (χ3v) is 2.97. The van der Waals surface area contributed by atoms with Crippen LogP contribution in [0.3, 0.4) is 0 Å². The maximum absolute atomic E-state index is 11.1. The third-order valence-electron chi connectivity index (χ3n) is 2.97. The minimum absolute atomic E-state index is 0.139. The zero-order valence-corrected chi connectivity index (χ0v) is 10.9. The van der Waals surface area contributed by atoms with E-state index in [-0.39, 0.29) is 5.95 Å². The molecule has 0 bridgehead atoms. The highest BCUT2D eigenvalue weighted by atomic mass is 16.5. The molecule has 1 heterocycles. The van der Waals surface area contributed by atoms with Crippen LogP contribution in [0.2, 0.25) is 0 Å². The number of carbonyl (C=O) groups is 1. The van der Waals surface area contributed by atoms with Crippen molar-refractivity contribution >= 4 is 23.0 Å². The molecule has 1 aromatic carbocycles. The summed E-state index contributed by atoms with van der Waals surface area (Å²) in [6.45, 7) is 1.54. The lowest BCUT2D eigenvalue weighted by Crippen LogP contribution is -2.17. The Labute approximate surface area is 109 Å². The lowest BCUT2D eigenvalue weighted by molar-refractivity contribution is -0.140. The molecule has 2 aromatic rings. The number of imidazole rings is 1. The van der Waals surface area contributed by atoms with E-state index >= 15 is 0 Å². The predicted molar refractivity (Wildman–Crippen MR) is 69.6 cm³/mol. The molecule has 102 valence electrons. The first-order valence-corrected chi connectivity index (χ1v) is 5.61. The first-order valence-electron chi connectivity index (χ1n) is 5.61. The van der Waals surface area contributed by atoms with E-state index in [1.807, 2.05) is 0 Å². The molecule has 0 aliphatic rings. The van der Waals surface area contributed by atoms with Crippen LogP contribution in [-0.2, 0) is 4.79 Å². The van der Waals surface area contributed by atoms with Gasteiger partial charge < -0.3 is 20.3 Å². The average molecular weight is 265 g/mol. The first-order chi connectivity index (χ1) is 8.99. The number of rotatable bonds is 4. The fourth-order valence-corrected chi connectivity index (χ4v) is 1.96. The van der Waals surface area contributed by atoms with Crippen molar-refractivity contribution in [3.63, 3.8) is 0 Å². The van der Waals surface area contributed by atoms with E-state index in [0.29, 0.717) is 22.5 Å². The number of nitrogens with zero attached hydrogens (tertiary/aromatic N) is 2. The Morgan fingerprint density at radius 2 is 1.95 bits per heavy atom. The maximum atomic E-state index is 11.1. The van der Waals surface area contributed by atoms with Gasteiger partial charge in [0.25, 0.3) is 0 Å². The second-order valence-corrected chi connectivity index (χ2v) is 4.05. The largest absolute Gasteiger partial charge is 0.493 e. The van der Waals surface area contributed by atoms with Crippen molar-refractivity contribution in [2.75, 3.05) is 20.0 Å². The van der Waals surface area contributed by atoms with Gasteiger partial charge in [-0.15, -0.1) is 0 Å². The molecular weight excluding hydrogens is 250 g/mol. The van der Waals surface area contributed by atoms with Crippen molar-refractivity contribution in [3.05, 3.63) is 12.1 Å². The van der Waals surface area contributed by atoms with Crippen LogP contribution in [0.4, 0.5) is 5.95 Å². The van der Waals surface area contributed by atoms with Crippen molar-refractivity contribution in [1.29, 1.82) is 0 Å². The van der Waals surface area contributed by atoms with Crippen molar-refractivity contribution in [1.82, 2.24) is 9.55 Å². The molecule has 0 aliphatic heterocycles. The third kappa shape index (κ3) is 2.03. The molecule has 0 spiro atoms. The molecule has 2 rings (SSSR count). The highest BCUT2D eigenvalue weighted by Crippen LogP contribution is 2.34. The number of nitrogen functional groups attached to an aromatic ring is 1. The zero-order chi connectivity index (χ0) is 14.2. The Bertz CT molecular complexity index is 635. The number of aromatic nitrogens is 2. The van der Waals surface area contributed by atoms with Crippen LogP contribution in [0.25, 0.3) is 11.0 Å². The molecule has 7 nitrogen and oxygen atoms in total. The number of carboxylic acids is 1. The van der Waals surface area contributed by atoms with Crippen LogP contribution in [0, 0.1) is 0 Å². The van der Waals surface area contributed by atoms with E-state index < -0.39 is 12.0 Å². The van der Waals surface area contributed by atoms with E-state index in [2.05, 4.69) is 4.98 Å². The minimum Gasteiger partial charge on any atom is -0.493 e. The summed E-state index contributed by atoms with van der Waals surface area (Å²) in [4.78, 5) is 15.3. The van der Waals surface area contributed by atoms with Gasteiger partial charge in [0.1, 0.15) is 6.04 Å². The van der Waals surface area contributed by atoms with E-state index in [0.717, 1.165) is 0 Å². The van der Waals surface area contributed by atoms with Crippen molar-refractivity contribution in [2.45, 2.75) is 13.0 Å². The smallest absolute Gasteiger partial charge is 0.326 e. The lowest BCUT2D eigenvalue weighted by Gasteiger charge is -2.12. The molecule has 1 aromatic heterocycles. The summed E-state index contributed by atoms with van der Waals surface area (Å²) in [5, 5.41) is 9.10. The van der Waals surface area contributed by atoms with Gasteiger partial charge in [0, 0.05) is 12.1 Å². The Hall–Kier alpha value is -2.44. The number of fused-ring (bicyclic) bond motifs is 1. The second-order valence-electron chi connectivity index (χ2n) is 4.05. The van der Waals surface area contributed by atoms with Gasteiger partial charge in [0.15, 0.2) is 11.5 Å². The minimum atomic E-state index is -0.985. The molecule has 1 unspecified atom stereocenters. The Kier molecular flexibility index (Phi) is 3.20. The number of hydrogen-bond donors (Lipinski definition) is 2. The Morgan fingerprint density at radius 1 is 1.37 bits per heavy atom. The SMILES string of the molecule is COc1cc2nc(N)n(C(C)C(=O)O)c2cc1OC. The molecule has 3 N–H and O–H groups in total. The van der Waals surface area contributed by atoms with Gasteiger partial charge in [-0.05, 0) is 6.92 Å². The van der Waals surface area contributed by atoms with Gasteiger partial charge in [-0.25, -0.2) is 9.78 Å². The highest BCUT2D eigenvalue weighted by molar-refractivity contribution is 5.85. The normalized spacial score (nSPS) is 12.4. The predicted octanol–water partition coefficient (Wildman–Crippen LogP) is 1.28. The van der Waals surface area contributed by atoms with Crippen LogP contribution in [0.5, 0.6) is 11.5 Å². The summed E-state index contributed by atoms with van der Waals surface area (Å²) in [6, 6.07) is 2.51. The quantitative estimate of drug-likeness (QED) is 0.863. The lowest BCUT2D eigenvalue weighted by atomic mass is 10.2. The molecule has 0 aliphatic carbocycles.